The molecule has 0 saturated heterocycles. The number of anilines is 1. The molecule has 0 saturated carbocycles. The Morgan fingerprint density at radius 2 is 1.90 bits per heavy atom. The van der Waals surface area contributed by atoms with Gasteiger partial charge in [-0.25, -0.2) is 18.7 Å². The van der Waals surface area contributed by atoms with Crippen LogP contribution in [0.5, 0.6) is 5.75 Å². The summed E-state index contributed by atoms with van der Waals surface area (Å²) in [4.78, 5) is 8.40. The van der Waals surface area contributed by atoms with Gasteiger partial charge in [0.1, 0.15) is 35.6 Å². The predicted octanol–water partition coefficient (Wildman–Crippen LogP) is 5.11. The Morgan fingerprint density at radius 3 is 2.59 bits per heavy atom. The molecule has 8 heteroatoms. The molecular formula is C21H17BrF2N4O. The van der Waals surface area contributed by atoms with Gasteiger partial charge in [-0.2, -0.15) is 5.26 Å². The smallest absolute Gasteiger partial charge is 0.137 e. The van der Waals surface area contributed by atoms with Crippen LogP contribution in [0.15, 0.2) is 47.2 Å². The highest BCUT2D eigenvalue weighted by Crippen LogP contribution is 2.27. The fraction of sp³-hybridized carbons (Fsp3) is 0.190. The van der Waals surface area contributed by atoms with Crippen LogP contribution in [0.1, 0.15) is 18.1 Å². The van der Waals surface area contributed by atoms with E-state index < -0.39 is 11.6 Å². The van der Waals surface area contributed by atoms with Crippen LogP contribution in [0, 0.1) is 23.0 Å². The second-order valence-corrected chi connectivity index (χ2v) is 6.98. The van der Waals surface area contributed by atoms with E-state index >= 15 is 0 Å². The second-order valence-electron chi connectivity index (χ2n) is 6.07. The number of ether oxygens (including phenoxy) is 1. The van der Waals surface area contributed by atoms with Crippen LogP contribution in [0.3, 0.4) is 0 Å². The standard InChI is InChI=1S/C21H17BrF2N4O/c1-2-29-20-7-13(3-4-14(20)11-25)19-10-21(28-12-27-19)26-6-5-16-17(23)8-15(22)9-18(16)24/h3-4,7-10,12H,2,5-6H2,1H3,(H,26,27,28). The molecule has 3 aromatic rings. The van der Waals surface area contributed by atoms with Gasteiger partial charge in [-0.15, -0.1) is 0 Å². The first-order valence-corrected chi connectivity index (χ1v) is 9.67. The molecule has 0 spiro atoms. The Morgan fingerprint density at radius 1 is 1.14 bits per heavy atom. The van der Waals surface area contributed by atoms with Gasteiger partial charge in [0.25, 0.3) is 0 Å². The third-order valence-corrected chi connectivity index (χ3v) is 4.61. The molecule has 29 heavy (non-hydrogen) atoms. The van der Waals surface area contributed by atoms with E-state index in [0.29, 0.717) is 40.4 Å². The topological polar surface area (TPSA) is 70.8 Å². The summed E-state index contributed by atoms with van der Waals surface area (Å²) < 4.78 is 33.7. The Bertz CT molecular complexity index is 1050. The second kappa shape index (κ2) is 9.43. The molecule has 3 rings (SSSR count). The van der Waals surface area contributed by atoms with Crippen LogP contribution in [0.2, 0.25) is 0 Å². The van der Waals surface area contributed by atoms with E-state index in [2.05, 4.69) is 37.3 Å². The fourth-order valence-electron chi connectivity index (χ4n) is 2.79. The highest BCUT2D eigenvalue weighted by Gasteiger charge is 2.11. The minimum absolute atomic E-state index is 0.0171. The zero-order chi connectivity index (χ0) is 20.8. The molecule has 0 fully saturated rings. The lowest BCUT2D eigenvalue weighted by molar-refractivity contribution is 0.339. The molecule has 1 N–H and O–H groups in total. The molecule has 0 amide bonds. The van der Waals surface area contributed by atoms with E-state index in [9.17, 15) is 14.0 Å². The average molecular weight is 459 g/mol. The van der Waals surface area contributed by atoms with E-state index in [-0.39, 0.29) is 12.0 Å². The molecule has 0 aliphatic rings. The van der Waals surface area contributed by atoms with Crippen molar-refractivity contribution in [3.63, 3.8) is 0 Å². The molecule has 0 aliphatic carbocycles. The highest BCUT2D eigenvalue weighted by molar-refractivity contribution is 9.10. The van der Waals surface area contributed by atoms with Crippen LogP contribution < -0.4 is 10.1 Å². The molecule has 1 aromatic heterocycles. The molecule has 2 aromatic carbocycles. The molecule has 5 nitrogen and oxygen atoms in total. The van der Waals surface area contributed by atoms with E-state index in [0.717, 1.165) is 5.56 Å². The van der Waals surface area contributed by atoms with Gasteiger partial charge in [-0.05, 0) is 37.6 Å². The molecule has 0 bridgehead atoms. The van der Waals surface area contributed by atoms with Gasteiger partial charge in [-0.1, -0.05) is 22.0 Å². The Balaban J connectivity index is 1.74. The summed E-state index contributed by atoms with van der Waals surface area (Å²) in [6.07, 6.45) is 1.56. The van der Waals surface area contributed by atoms with Crippen LogP contribution in [-0.4, -0.2) is 23.1 Å². The average Bonchev–Trinajstić information content (AvgIpc) is 2.70. The summed E-state index contributed by atoms with van der Waals surface area (Å²) in [6.45, 7) is 2.58. The Labute approximate surface area is 175 Å². The van der Waals surface area contributed by atoms with Gasteiger partial charge in [0.05, 0.1) is 17.9 Å². The SMILES string of the molecule is CCOc1cc(-c2cc(NCCc3c(F)cc(Br)cc3F)ncn2)ccc1C#N. The number of rotatable bonds is 7. The van der Waals surface area contributed by atoms with Crippen molar-refractivity contribution in [2.24, 2.45) is 0 Å². The van der Waals surface area contributed by atoms with Crippen LogP contribution in [-0.2, 0) is 6.42 Å². The van der Waals surface area contributed by atoms with E-state index in [1.807, 2.05) is 6.92 Å². The van der Waals surface area contributed by atoms with Crippen LogP contribution in [0.25, 0.3) is 11.3 Å². The van der Waals surface area contributed by atoms with Crippen molar-refractivity contribution in [1.29, 1.82) is 5.26 Å². The molecule has 0 unspecified atom stereocenters. The molecular weight excluding hydrogens is 442 g/mol. The summed E-state index contributed by atoms with van der Waals surface area (Å²) in [5.41, 5.74) is 1.86. The first-order valence-electron chi connectivity index (χ1n) is 8.88. The normalized spacial score (nSPS) is 10.4. The maximum absolute atomic E-state index is 13.9. The number of nitrogens with zero attached hydrogens (tertiary/aromatic N) is 3. The van der Waals surface area contributed by atoms with Crippen molar-refractivity contribution in [2.75, 3.05) is 18.5 Å². The van der Waals surface area contributed by atoms with Crippen LogP contribution >= 0.6 is 15.9 Å². The third kappa shape index (κ3) is 5.06. The molecule has 0 aliphatic heterocycles. The van der Waals surface area contributed by atoms with Gasteiger partial charge in [-0.3, -0.25) is 0 Å². The van der Waals surface area contributed by atoms with E-state index in [1.165, 1.54) is 18.5 Å². The monoisotopic (exact) mass is 458 g/mol. The lowest BCUT2D eigenvalue weighted by atomic mass is 10.1. The lowest BCUT2D eigenvalue weighted by Gasteiger charge is -2.10. The summed E-state index contributed by atoms with van der Waals surface area (Å²) in [7, 11) is 0. The first kappa shape index (κ1) is 20.7. The van der Waals surface area contributed by atoms with Crippen molar-refractivity contribution in [2.45, 2.75) is 13.3 Å². The molecule has 0 radical (unpaired) electrons. The number of benzene rings is 2. The minimum atomic E-state index is -0.594. The number of nitriles is 1. The Kier molecular flexibility index (Phi) is 6.73. The van der Waals surface area contributed by atoms with Gasteiger partial charge < -0.3 is 10.1 Å². The number of halogens is 3. The largest absolute Gasteiger partial charge is 0.492 e. The highest BCUT2D eigenvalue weighted by atomic mass is 79.9. The lowest BCUT2D eigenvalue weighted by Crippen LogP contribution is -2.09. The predicted molar refractivity (Wildman–Crippen MR) is 110 cm³/mol. The van der Waals surface area contributed by atoms with E-state index in [4.69, 9.17) is 4.74 Å². The fourth-order valence-corrected chi connectivity index (χ4v) is 3.19. The summed E-state index contributed by atoms with van der Waals surface area (Å²) in [6, 6.07) is 11.5. The maximum atomic E-state index is 13.9. The number of hydrogen-bond donors (Lipinski definition) is 1. The molecule has 148 valence electrons. The van der Waals surface area contributed by atoms with Crippen molar-refractivity contribution in [1.82, 2.24) is 9.97 Å². The van der Waals surface area contributed by atoms with Crippen LogP contribution in [0.4, 0.5) is 14.6 Å². The van der Waals surface area contributed by atoms with Crippen molar-refractivity contribution < 1.29 is 13.5 Å². The summed E-state index contributed by atoms with van der Waals surface area (Å²) in [5, 5.41) is 12.2. The van der Waals surface area contributed by atoms with Gasteiger partial charge in [0, 0.05) is 28.2 Å². The van der Waals surface area contributed by atoms with E-state index in [1.54, 1.807) is 24.3 Å². The maximum Gasteiger partial charge on any atom is 0.137 e. The molecule has 0 atom stereocenters. The van der Waals surface area contributed by atoms with Gasteiger partial charge in [0.2, 0.25) is 0 Å². The van der Waals surface area contributed by atoms with Gasteiger partial charge >= 0.3 is 0 Å². The summed E-state index contributed by atoms with van der Waals surface area (Å²) in [5.74, 6) is -0.178. The number of hydrogen-bond acceptors (Lipinski definition) is 5. The number of aromatic nitrogens is 2. The minimum Gasteiger partial charge on any atom is -0.492 e. The third-order valence-electron chi connectivity index (χ3n) is 4.15. The molecule has 1 heterocycles. The summed E-state index contributed by atoms with van der Waals surface area (Å²) >= 11 is 3.07. The van der Waals surface area contributed by atoms with Crippen molar-refractivity contribution >= 4 is 21.7 Å². The quantitative estimate of drug-likeness (QED) is 0.532. The first-order chi connectivity index (χ1) is 14.0. The van der Waals surface area contributed by atoms with Crippen molar-refractivity contribution in [3.8, 4) is 23.1 Å². The zero-order valence-corrected chi connectivity index (χ0v) is 17.1. The zero-order valence-electron chi connectivity index (χ0n) is 15.5. The van der Waals surface area contributed by atoms with Gasteiger partial charge in [0.15, 0.2) is 0 Å². The van der Waals surface area contributed by atoms with Crippen molar-refractivity contribution in [3.05, 3.63) is 70.0 Å². The Hall–Kier alpha value is -3.05. The number of nitrogens with one attached hydrogen (secondary N) is 1.